The van der Waals surface area contributed by atoms with Gasteiger partial charge < -0.3 is 0 Å². The first-order chi connectivity index (χ1) is 4.50. The van der Waals surface area contributed by atoms with Gasteiger partial charge in [0.25, 0.3) is 0 Å². The Morgan fingerprint density at radius 1 is 1.50 bits per heavy atom. The number of hydrogen-bond acceptors (Lipinski definition) is 0. The lowest BCUT2D eigenvalue weighted by atomic mass is 9.90. The van der Waals surface area contributed by atoms with E-state index in [-0.39, 0.29) is 5.41 Å². The molecule has 0 aliphatic heterocycles. The van der Waals surface area contributed by atoms with Crippen molar-refractivity contribution in [1.82, 2.24) is 0 Å². The van der Waals surface area contributed by atoms with Crippen LogP contribution < -0.4 is 0 Å². The van der Waals surface area contributed by atoms with Crippen molar-refractivity contribution in [2.24, 2.45) is 5.41 Å². The smallest absolute Gasteiger partial charge is 0.0165 e. The fraction of sp³-hybridized carbons (Fsp3) is 0.714. The van der Waals surface area contributed by atoms with Crippen LogP contribution in [-0.4, -0.2) is 0 Å². The fourth-order valence-electron chi connectivity index (χ4n) is 0.192. The maximum atomic E-state index is 5.68. The van der Waals surface area contributed by atoms with Gasteiger partial charge in [-0.3, -0.25) is 0 Å². The van der Waals surface area contributed by atoms with Gasteiger partial charge in [-0.1, -0.05) is 39.0 Å². The van der Waals surface area contributed by atoms with Gasteiger partial charge in [0, 0.05) is 42.3 Å². The van der Waals surface area contributed by atoms with E-state index in [1.54, 1.807) is 0 Å². The molecule has 0 bridgehead atoms. The second-order valence-electron chi connectivity index (χ2n) is 2.64. The van der Waals surface area contributed by atoms with Crippen molar-refractivity contribution in [3.8, 4) is 0 Å². The molecule has 0 rings (SSSR count). The first kappa shape index (κ1) is 14.0. The molecule has 0 radical (unpaired) electrons. The number of halogens is 3. The number of rotatable bonds is 2. The lowest BCUT2D eigenvalue weighted by Gasteiger charge is -2.19. The Labute approximate surface area is 92.1 Å². The van der Waals surface area contributed by atoms with Gasteiger partial charge in [0.2, 0.25) is 0 Å². The molecule has 0 saturated heterocycles. The predicted molar refractivity (Wildman–Crippen MR) is 67.1 cm³/mol. The van der Waals surface area contributed by atoms with Crippen LogP contribution >= 0.6 is 48.8 Å². The van der Waals surface area contributed by atoms with Gasteiger partial charge in [0.05, 0.1) is 0 Å². The van der Waals surface area contributed by atoms with Crippen LogP contribution in [0.3, 0.4) is 0 Å². The molecule has 3 heteroatoms. The summed E-state index contributed by atoms with van der Waals surface area (Å²) in [7, 11) is 0. The summed E-state index contributed by atoms with van der Waals surface area (Å²) in [6.45, 7) is 9.94. The molecule has 0 spiro atoms. The van der Waals surface area contributed by atoms with Gasteiger partial charge in [0.1, 0.15) is 0 Å². The Hall–Kier alpha value is 1.49. The predicted octanol–water partition coefficient (Wildman–Crippen LogP) is 4.95. The van der Waals surface area contributed by atoms with Crippen LogP contribution in [0.1, 0.15) is 27.2 Å². The van der Waals surface area contributed by atoms with E-state index in [0.717, 1.165) is 11.5 Å². The van der Waals surface area contributed by atoms with Gasteiger partial charge in [0.15, 0.2) is 0 Å². The van der Waals surface area contributed by atoms with E-state index in [2.05, 4.69) is 64.6 Å². The second kappa shape index (κ2) is 7.16. The van der Waals surface area contributed by atoms with E-state index in [1.165, 1.54) is 0 Å². The van der Waals surface area contributed by atoms with Gasteiger partial charge in [-0.25, -0.2) is 0 Å². The molecule has 62 valence electrons. The minimum atomic E-state index is 0.113. The minimum Gasteiger partial charge on any atom is -0.0892 e. The number of hydrogen-bond donors (Lipinski definition) is 0. The monoisotopic (exact) mass is 386 g/mol. The van der Waals surface area contributed by atoms with E-state index >= 15 is 0 Å². The van der Waals surface area contributed by atoms with Crippen LogP contribution in [0.2, 0.25) is 0 Å². The maximum absolute atomic E-state index is 5.68. The van der Waals surface area contributed by atoms with E-state index in [1.807, 2.05) is 0 Å². The van der Waals surface area contributed by atoms with Crippen molar-refractivity contribution in [3.63, 3.8) is 0 Å². The summed E-state index contributed by atoms with van der Waals surface area (Å²) in [5, 5.41) is 0.750. The highest BCUT2D eigenvalue weighted by Crippen LogP contribution is 2.30. The first-order valence-corrected chi connectivity index (χ1v) is 9.66. The van der Waals surface area contributed by atoms with Crippen molar-refractivity contribution in [3.05, 3.63) is 11.6 Å². The molecular weight excluding hydrogens is 373 g/mol. The standard InChI is InChI=1S/C7H13Cl.I2/c1-5-7(3,4)6(2)8;1-2/h2,5H2,1,3-4H3;. The van der Waals surface area contributed by atoms with E-state index < -0.39 is 0 Å². The van der Waals surface area contributed by atoms with Crippen LogP contribution in [-0.2, 0) is 0 Å². The van der Waals surface area contributed by atoms with Crippen molar-refractivity contribution in [2.75, 3.05) is 0 Å². The average molecular weight is 386 g/mol. The highest BCUT2D eigenvalue weighted by atomic mass is 128. The third-order valence-electron chi connectivity index (χ3n) is 1.62. The molecule has 0 unspecified atom stereocenters. The van der Waals surface area contributed by atoms with Crippen LogP contribution in [0.5, 0.6) is 0 Å². The Balaban J connectivity index is 0. The molecule has 0 aliphatic carbocycles. The van der Waals surface area contributed by atoms with E-state index in [9.17, 15) is 0 Å². The Morgan fingerprint density at radius 2 is 1.80 bits per heavy atom. The Bertz CT molecular complexity index is 99.8. The summed E-state index contributed by atoms with van der Waals surface area (Å²) >= 11 is 9.92. The van der Waals surface area contributed by atoms with Crippen LogP contribution in [0.25, 0.3) is 0 Å². The van der Waals surface area contributed by atoms with Crippen LogP contribution in [0.15, 0.2) is 11.6 Å². The molecule has 0 aromatic rings. The third kappa shape index (κ3) is 6.22. The molecule has 0 fully saturated rings. The third-order valence-corrected chi connectivity index (χ3v) is 2.13. The molecule has 0 heterocycles. The Kier molecular flexibility index (Phi) is 10.0. The fourth-order valence-corrected chi connectivity index (χ4v) is 0.325. The number of allylic oxidation sites excluding steroid dienone is 1. The van der Waals surface area contributed by atoms with E-state index in [0.29, 0.717) is 0 Å². The molecule has 0 amide bonds. The summed E-state index contributed by atoms with van der Waals surface area (Å²) in [5.41, 5.74) is 0.113. The normalized spacial score (nSPS) is 9.80. The van der Waals surface area contributed by atoms with Crippen LogP contribution in [0, 0.1) is 5.41 Å². The lowest BCUT2D eigenvalue weighted by Crippen LogP contribution is -2.07. The van der Waals surface area contributed by atoms with Gasteiger partial charge >= 0.3 is 0 Å². The molecule has 0 atom stereocenters. The largest absolute Gasteiger partial charge is 0.0892 e. The molecule has 0 nitrogen and oxygen atoms in total. The first-order valence-electron chi connectivity index (χ1n) is 3.00. The summed E-state index contributed by atoms with van der Waals surface area (Å²) in [6.07, 6.45) is 1.05. The van der Waals surface area contributed by atoms with Crippen molar-refractivity contribution < 1.29 is 0 Å². The topological polar surface area (TPSA) is 0 Å². The Morgan fingerprint density at radius 3 is 1.80 bits per heavy atom. The summed E-state index contributed by atoms with van der Waals surface area (Å²) in [6, 6.07) is 0. The van der Waals surface area contributed by atoms with Gasteiger partial charge in [-0.2, -0.15) is 0 Å². The van der Waals surface area contributed by atoms with Crippen molar-refractivity contribution >= 4 is 48.8 Å². The zero-order valence-electron chi connectivity index (χ0n) is 6.55. The maximum Gasteiger partial charge on any atom is 0.0165 e. The minimum absolute atomic E-state index is 0.113. The average Bonchev–Trinajstić information content (AvgIpc) is 1.92. The molecule has 10 heavy (non-hydrogen) atoms. The second-order valence-corrected chi connectivity index (χ2v) is 3.10. The SMILES string of the molecule is C=C(Cl)C(C)(C)CC.II. The highest BCUT2D eigenvalue weighted by molar-refractivity contribution is 15.0. The lowest BCUT2D eigenvalue weighted by molar-refractivity contribution is 0.452. The zero-order valence-corrected chi connectivity index (χ0v) is 11.6. The summed E-state index contributed by atoms with van der Waals surface area (Å²) in [4.78, 5) is 0. The van der Waals surface area contributed by atoms with Crippen molar-refractivity contribution in [1.29, 1.82) is 0 Å². The quantitative estimate of drug-likeness (QED) is 0.590. The summed E-state index contributed by atoms with van der Waals surface area (Å²) < 4.78 is 0. The molecule has 0 N–H and O–H groups in total. The zero-order chi connectivity index (χ0) is 8.78. The molecule has 0 saturated carbocycles. The molecular formula is C7H13ClI2. The molecule has 0 aliphatic rings. The molecule has 0 aromatic carbocycles. The van der Waals surface area contributed by atoms with E-state index in [4.69, 9.17) is 11.6 Å². The van der Waals surface area contributed by atoms with Gasteiger partial charge in [-0.05, 0) is 11.8 Å². The van der Waals surface area contributed by atoms with Gasteiger partial charge in [-0.15, -0.1) is 0 Å². The van der Waals surface area contributed by atoms with Crippen LogP contribution in [0.4, 0.5) is 0 Å². The summed E-state index contributed by atoms with van der Waals surface area (Å²) in [5.74, 6) is 0. The van der Waals surface area contributed by atoms with Crippen molar-refractivity contribution in [2.45, 2.75) is 27.2 Å². The highest BCUT2D eigenvalue weighted by Gasteiger charge is 2.16. The molecule has 0 aromatic heterocycles.